The van der Waals surface area contributed by atoms with Crippen LogP contribution in [0.25, 0.3) is 0 Å². The highest BCUT2D eigenvalue weighted by Gasteiger charge is 2.29. The number of hydrogen-bond acceptors (Lipinski definition) is 7. The Morgan fingerprint density at radius 2 is 0.984 bits per heavy atom. The van der Waals surface area contributed by atoms with Gasteiger partial charge in [-0.1, -0.05) is 62.4 Å². The van der Waals surface area contributed by atoms with Crippen LogP contribution in [-0.4, -0.2) is 65.3 Å². The molecular weight excluding hydrogens is 781 g/mol. The third kappa shape index (κ3) is 11.7. The fourth-order valence-corrected chi connectivity index (χ4v) is 7.93. The van der Waals surface area contributed by atoms with Crippen LogP contribution in [0, 0.1) is 0 Å². The van der Waals surface area contributed by atoms with E-state index in [2.05, 4.69) is 41.5 Å². The Hall–Kier alpha value is -6.40. The number of nitrogens with zero attached hydrogens (tertiary/aromatic N) is 4. The molecule has 0 bridgehead atoms. The topological polar surface area (TPSA) is 125 Å². The minimum absolute atomic E-state index is 0.0382. The lowest BCUT2D eigenvalue weighted by Gasteiger charge is -2.29. The predicted molar refractivity (Wildman–Crippen MR) is 247 cm³/mol. The van der Waals surface area contributed by atoms with E-state index in [0.29, 0.717) is 17.9 Å². The first kappa shape index (κ1) is 45.1. The van der Waals surface area contributed by atoms with E-state index in [1.165, 1.54) is 0 Å². The Morgan fingerprint density at radius 3 is 1.42 bits per heavy atom. The number of fused-ring (bicyclic) bond motifs is 4. The van der Waals surface area contributed by atoms with E-state index in [-0.39, 0.29) is 30.6 Å². The molecule has 0 saturated heterocycles. The largest absolute Gasteiger partial charge is 0.447 e. The van der Waals surface area contributed by atoms with E-state index in [0.717, 1.165) is 96.6 Å². The van der Waals surface area contributed by atoms with Gasteiger partial charge in [0.2, 0.25) is 5.91 Å². The molecular formula is C50H60N6O6. The fourth-order valence-electron chi connectivity index (χ4n) is 7.93. The normalized spacial score (nSPS) is 12.8. The standard InChI is InChI=1S/C26H35N3O3.C24H25N3O3/c1-5-15-28(16-6-2)18-25(30)29-23-10-8-7-9-20(23)11-12-21-13-14-22(17-24(21)29)27-26(31)32-19(3)4;1-17(2)30-24(29)25-20-12-11-19-10-9-18-7-3-4-8-21(18)27(22(19)15-20)23(28)16-26-13-5-6-14-26/h7-10,13-14,17,19H,5-6,11-12,15-16,18H2,1-4H3,(H,27,31);3-8,11-15,17H,9-10,16H2,1-2H3,(H,25,29). The molecule has 1 aromatic heterocycles. The zero-order chi connectivity index (χ0) is 44.2. The van der Waals surface area contributed by atoms with Gasteiger partial charge in [-0.3, -0.25) is 34.9 Å². The highest BCUT2D eigenvalue weighted by Crippen LogP contribution is 2.39. The van der Waals surface area contributed by atoms with E-state index in [1.807, 2.05) is 121 Å². The molecule has 0 unspecified atom stereocenters. The van der Waals surface area contributed by atoms with Crippen molar-refractivity contribution < 1.29 is 28.7 Å². The van der Waals surface area contributed by atoms with Crippen molar-refractivity contribution in [1.29, 1.82) is 0 Å². The maximum Gasteiger partial charge on any atom is 0.411 e. The molecule has 0 saturated carbocycles. The van der Waals surface area contributed by atoms with Crippen molar-refractivity contribution >= 4 is 58.1 Å². The van der Waals surface area contributed by atoms with Gasteiger partial charge < -0.3 is 14.0 Å². The molecule has 4 amide bonds. The van der Waals surface area contributed by atoms with Gasteiger partial charge in [-0.05, 0) is 150 Å². The molecule has 0 spiro atoms. The summed E-state index contributed by atoms with van der Waals surface area (Å²) < 4.78 is 12.3. The van der Waals surface area contributed by atoms with Crippen LogP contribution in [0.15, 0.2) is 109 Å². The summed E-state index contributed by atoms with van der Waals surface area (Å²) in [5, 5.41) is 5.57. The third-order valence-electron chi connectivity index (χ3n) is 10.5. The minimum atomic E-state index is -0.510. The smallest absolute Gasteiger partial charge is 0.411 e. The third-order valence-corrected chi connectivity index (χ3v) is 10.5. The lowest BCUT2D eigenvalue weighted by molar-refractivity contribution is -0.119. The summed E-state index contributed by atoms with van der Waals surface area (Å²) >= 11 is 0. The Kier molecular flexibility index (Phi) is 15.6. The summed E-state index contributed by atoms with van der Waals surface area (Å²) in [7, 11) is 0. The molecule has 0 aliphatic carbocycles. The van der Waals surface area contributed by atoms with Crippen LogP contribution in [0.4, 0.5) is 43.7 Å². The lowest BCUT2D eigenvalue weighted by Crippen LogP contribution is -2.39. The van der Waals surface area contributed by atoms with Crippen LogP contribution in [0.1, 0.15) is 76.6 Å². The van der Waals surface area contributed by atoms with Crippen molar-refractivity contribution in [1.82, 2.24) is 9.47 Å². The Labute approximate surface area is 365 Å². The summed E-state index contributed by atoms with van der Waals surface area (Å²) in [6.07, 6.45) is 7.71. The molecule has 5 aromatic rings. The van der Waals surface area contributed by atoms with Crippen molar-refractivity contribution in [3.63, 3.8) is 0 Å². The average Bonchev–Trinajstić information content (AvgIpc) is 3.60. The zero-order valence-electron chi connectivity index (χ0n) is 36.9. The number of amides is 4. The van der Waals surface area contributed by atoms with Crippen molar-refractivity contribution in [2.75, 3.05) is 40.1 Å². The predicted octanol–water partition coefficient (Wildman–Crippen LogP) is 10.4. The molecule has 2 aliphatic heterocycles. The van der Waals surface area contributed by atoms with Gasteiger partial charge in [-0.25, -0.2) is 9.59 Å². The van der Waals surface area contributed by atoms with E-state index in [1.54, 1.807) is 18.7 Å². The van der Waals surface area contributed by atoms with Gasteiger partial charge in [0.25, 0.3) is 5.91 Å². The fraction of sp³-hybridized carbons (Fsp3) is 0.360. The molecule has 0 fully saturated rings. The molecule has 62 heavy (non-hydrogen) atoms. The molecule has 3 heterocycles. The number of carbonyl (C=O) groups is 4. The maximum absolute atomic E-state index is 13.7. The molecule has 2 N–H and O–H groups in total. The van der Waals surface area contributed by atoms with Gasteiger partial charge in [-0.2, -0.15) is 0 Å². The number of aromatic nitrogens is 1. The lowest BCUT2D eigenvalue weighted by atomic mass is 10.0. The van der Waals surface area contributed by atoms with Crippen LogP contribution in [-0.2, 0) is 51.3 Å². The van der Waals surface area contributed by atoms with Crippen LogP contribution in [0.3, 0.4) is 0 Å². The average molecular weight is 841 g/mol. The first-order valence-electron chi connectivity index (χ1n) is 21.8. The Balaban J connectivity index is 0.000000207. The van der Waals surface area contributed by atoms with E-state index in [9.17, 15) is 19.2 Å². The zero-order valence-corrected chi connectivity index (χ0v) is 36.9. The van der Waals surface area contributed by atoms with Crippen molar-refractivity contribution in [2.24, 2.45) is 0 Å². The number of hydrogen-bond donors (Lipinski definition) is 2. The molecule has 2 aliphatic rings. The Morgan fingerprint density at radius 1 is 0.565 bits per heavy atom. The van der Waals surface area contributed by atoms with Gasteiger partial charge in [0, 0.05) is 23.8 Å². The summed E-state index contributed by atoms with van der Waals surface area (Å²) in [4.78, 5) is 57.1. The summed E-state index contributed by atoms with van der Waals surface area (Å²) in [6.45, 7) is 13.9. The first-order valence-corrected chi connectivity index (χ1v) is 21.8. The van der Waals surface area contributed by atoms with E-state index < -0.39 is 12.2 Å². The van der Waals surface area contributed by atoms with Gasteiger partial charge in [-0.15, -0.1) is 0 Å². The number of anilines is 6. The number of ether oxygens (including phenoxy) is 2. The van der Waals surface area contributed by atoms with Gasteiger partial charge in [0.1, 0.15) is 6.54 Å². The molecule has 12 nitrogen and oxygen atoms in total. The second-order valence-corrected chi connectivity index (χ2v) is 16.2. The van der Waals surface area contributed by atoms with Gasteiger partial charge >= 0.3 is 12.2 Å². The van der Waals surface area contributed by atoms with Crippen molar-refractivity contribution in [2.45, 2.75) is 98.8 Å². The summed E-state index contributed by atoms with van der Waals surface area (Å²) in [5.41, 5.74) is 9.08. The molecule has 0 radical (unpaired) electrons. The monoisotopic (exact) mass is 840 g/mol. The van der Waals surface area contributed by atoms with Gasteiger partial charge in [0.05, 0.1) is 41.5 Å². The number of nitrogens with one attached hydrogen (secondary N) is 2. The van der Waals surface area contributed by atoms with E-state index in [4.69, 9.17) is 9.47 Å². The summed E-state index contributed by atoms with van der Waals surface area (Å²) in [6, 6.07) is 31.3. The SMILES string of the molecule is CC(C)OC(=O)Nc1ccc2c(c1)N(C(=O)Cn1cccc1)c1ccccc1CC2.CCCN(CCC)CC(=O)N1c2ccccc2CCc2ccc(NC(=O)OC(C)C)cc21. The second-order valence-electron chi connectivity index (χ2n) is 16.2. The number of benzene rings is 4. The molecule has 0 atom stereocenters. The van der Waals surface area contributed by atoms with Crippen LogP contribution in [0.5, 0.6) is 0 Å². The minimum Gasteiger partial charge on any atom is -0.447 e. The first-order chi connectivity index (χ1) is 29.9. The van der Waals surface area contributed by atoms with Gasteiger partial charge in [0.15, 0.2) is 0 Å². The summed E-state index contributed by atoms with van der Waals surface area (Å²) in [5.74, 6) is 0.00751. The van der Waals surface area contributed by atoms with Crippen LogP contribution >= 0.6 is 0 Å². The quantitative estimate of drug-likeness (QED) is 0.128. The molecule has 326 valence electrons. The molecule has 7 rings (SSSR count). The number of para-hydroxylation sites is 2. The number of carbonyl (C=O) groups excluding carboxylic acids is 4. The number of aryl methyl sites for hydroxylation is 4. The highest BCUT2D eigenvalue weighted by atomic mass is 16.6. The Bertz CT molecular complexity index is 2320. The van der Waals surface area contributed by atoms with E-state index >= 15 is 0 Å². The molecule has 12 heteroatoms. The maximum atomic E-state index is 13.7. The van der Waals surface area contributed by atoms with Crippen molar-refractivity contribution in [3.05, 3.63) is 132 Å². The second kappa shape index (κ2) is 21.4. The van der Waals surface area contributed by atoms with Crippen molar-refractivity contribution in [3.8, 4) is 0 Å². The molecule has 4 aromatic carbocycles. The van der Waals surface area contributed by atoms with Crippen LogP contribution < -0.4 is 20.4 Å². The number of rotatable bonds is 12. The van der Waals surface area contributed by atoms with Crippen LogP contribution in [0.2, 0.25) is 0 Å². The highest BCUT2D eigenvalue weighted by molar-refractivity contribution is 6.05.